The second kappa shape index (κ2) is 8.37. The van der Waals surface area contributed by atoms with E-state index in [1.807, 2.05) is 0 Å². The highest BCUT2D eigenvalue weighted by atomic mass is 19.3. The number of ether oxygens (including phenoxy) is 1. The van der Waals surface area contributed by atoms with Crippen LogP contribution in [-0.2, 0) is 14.3 Å². The van der Waals surface area contributed by atoms with Crippen molar-refractivity contribution in [2.45, 2.75) is 19.5 Å². The fourth-order valence-corrected chi connectivity index (χ4v) is 2.90. The third kappa shape index (κ3) is 4.58. The van der Waals surface area contributed by atoms with Gasteiger partial charge in [0.05, 0.1) is 31.0 Å². The number of hydrogen-bond donors (Lipinski definition) is 1. The van der Waals surface area contributed by atoms with Crippen molar-refractivity contribution in [2.24, 2.45) is 5.10 Å². The molecule has 1 saturated heterocycles. The largest absolute Gasteiger partial charge is 0.442 e. The molecule has 1 aromatic rings. The number of anilines is 2. The van der Waals surface area contributed by atoms with Crippen LogP contribution in [0.1, 0.15) is 6.92 Å². The van der Waals surface area contributed by atoms with E-state index in [0.717, 1.165) is 12.4 Å². The number of rotatable bonds is 5. The van der Waals surface area contributed by atoms with Gasteiger partial charge in [-0.1, -0.05) is 0 Å². The summed E-state index contributed by atoms with van der Waals surface area (Å²) in [6, 6.07) is 4.06. The van der Waals surface area contributed by atoms with Crippen LogP contribution in [0.3, 0.4) is 0 Å². The zero-order chi connectivity index (χ0) is 21.1. The van der Waals surface area contributed by atoms with Crippen LogP contribution in [0.25, 0.3) is 0 Å². The van der Waals surface area contributed by atoms with Crippen LogP contribution in [-0.4, -0.2) is 68.0 Å². The maximum Gasteiger partial charge on any atom is 0.414 e. The number of hydrazone groups is 1. The van der Waals surface area contributed by atoms with Crippen LogP contribution >= 0.6 is 0 Å². The number of carbonyl (C=O) groups is 3. The molecule has 1 atom stereocenters. The van der Waals surface area contributed by atoms with Crippen molar-refractivity contribution in [3.05, 3.63) is 24.0 Å². The fourth-order valence-electron chi connectivity index (χ4n) is 2.90. The first-order valence-electron chi connectivity index (χ1n) is 8.68. The smallest absolute Gasteiger partial charge is 0.414 e. The lowest BCUT2D eigenvalue weighted by Crippen LogP contribution is -2.43. The van der Waals surface area contributed by atoms with Gasteiger partial charge in [0.15, 0.2) is 0 Å². The molecule has 9 nitrogen and oxygen atoms in total. The van der Waals surface area contributed by atoms with Gasteiger partial charge in [0, 0.05) is 13.5 Å². The Morgan fingerprint density at radius 3 is 2.69 bits per heavy atom. The van der Waals surface area contributed by atoms with Gasteiger partial charge in [0.25, 0.3) is 0 Å². The van der Waals surface area contributed by atoms with E-state index >= 15 is 0 Å². The minimum Gasteiger partial charge on any atom is -0.442 e. The van der Waals surface area contributed by atoms with Crippen molar-refractivity contribution in [3.63, 3.8) is 0 Å². The predicted octanol–water partition coefficient (Wildman–Crippen LogP) is 1.14. The molecule has 29 heavy (non-hydrogen) atoms. The Morgan fingerprint density at radius 2 is 2.10 bits per heavy atom. The Kier molecular flexibility index (Phi) is 5.89. The van der Waals surface area contributed by atoms with Crippen molar-refractivity contribution in [3.8, 4) is 0 Å². The molecule has 2 aliphatic rings. The molecule has 3 rings (SSSR count). The standard InChI is InChI=1S/C17H18F3N5O4/c1-10(26)21-7-12-8-24(17(28)29-12)11-2-3-14(13(18)6-11)23-4-5-25(22-9-23)16(27)15(19)20/h2-3,6,9,12,15H,4-5,7-8H2,1H3,(H,21,26). The molecule has 1 fully saturated rings. The monoisotopic (exact) mass is 413 g/mol. The SMILES string of the molecule is CC(=O)NCC1CN(c2ccc(N3C=NN(C(=O)C(F)F)CC3)c(F)c2)C(=O)O1. The summed E-state index contributed by atoms with van der Waals surface area (Å²) in [5.41, 5.74) is 0.383. The third-order valence-electron chi connectivity index (χ3n) is 4.33. The van der Waals surface area contributed by atoms with E-state index in [0.29, 0.717) is 5.01 Å². The Balaban J connectivity index is 1.68. The van der Waals surface area contributed by atoms with Crippen LogP contribution in [0.5, 0.6) is 0 Å². The summed E-state index contributed by atoms with van der Waals surface area (Å²) in [6.45, 7) is 1.59. The number of amides is 3. The first-order valence-corrected chi connectivity index (χ1v) is 8.68. The summed E-state index contributed by atoms with van der Waals surface area (Å²) >= 11 is 0. The molecule has 3 amide bonds. The van der Waals surface area contributed by atoms with Gasteiger partial charge in [-0.15, -0.1) is 0 Å². The molecule has 0 radical (unpaired) electrons. The molecule has 2 heterocycles. The Labute approximate surface area is 163 Å². The summed E-state index contributed by atoms with van der Waals surface area (Å²) in [5, 5.41) is 6.80. The third-order valence-corrected chi connectivity index (χ3v) is 4.33. The van der Waals surface area contributed by atoms with E-state index in [2.05, 4.69) is 10.4 Å². The van der Waals surface area contributed by atoms with E-state index in [9.17, 15) is 27.6 Å². The molecule has 1 unspecified atom stereocenters. The summed E-state index contributed by atoms with van der Waals surface area (Å²) in [5.74, 6) is -2.34. The van der Waals surface area contributed by atoms with Gasteiger partial charge in [-0.2, -0.15) is 13.9 Å². The molecule has 0 aromatic heterocycles. The van der Waals surface area contributed by atoms with Crippen molar-refractivity contribution in [1.82, 2.24) is 10.3 Å². The zero-order valence-electron chi connectivity index (χ0n) is 15.3. The maximum atomic E-state index is 14.6. The Bertz CT molecular complexity index is 850. The molecule has 12 heteroatoms. The molecular formula is C17H18F3N5O4. The highest BCUT2D eigenvalue weighted by Crippen LogP contribution is 2.28. The highest BCUT2D eigenvalue weighted by Gasteiger charge is 2.33. The lowest BCUT2D eigenvalue weighted by atomic mass is 10.2. The number of nitrogens with zero attached hydrogens (tertiary/aromatic N) is 4. The minimum absolute atomic E-state index is 0.0722. The number of halogens is 3. The van der Waals surface area contributed by atoms with Crippen molar-refractivity contribution >= 4 is 35.6 Å². The number of nitrogens with one attached hydrogen (secondary N) is 1. The number of alkyl halides is 2. The molecule has 0 spiro atoms. The predicted molar refractivity (Wildman–Crippen MR) is 96.3 cm³/mol. The summed E-state index contributed by atoms with van der Waals surface area (Å²) < 4.78 is 44.6. The number of benzene rings is 1. The number of carbonyl (C=O) groups excluding carboxylic acids is 3. The fraction of sp³-hybridized carbons (Fsp3) is 0.412. The van der Waals surface area contributed by atoms with Gasteiger partial charge >= 0.3 is 18.4 Å². The van der Waals surface area contributed by atoms with Gasteiger partial charge < -0.3 is 15.0 Å². The average Bonchev–Trinajstić information content (AvgIpc) is 3.06. The second-order valence-electron chi connectivity index (χ2n) is 6.38. The molecule has 0 aliphatic carbocycles. The quantitative estimate of drug-likeness (QED) is 0.782. The Morgan fingerprint density at radius 1 is 1.34 bits per heavy atom. The van der Waals surface area contributed by atoms with Crippen LogP contribution in [0, 0.1) is 5.82 Å². The number of cyclic esters (lactones) is 1. The van der Waals surface area contributed by atoms with Crippen molar-refractivity contribution < 1.29 is 32.3 Å². The summed E-state index contributed by atoms with van der Waals surface area (Å²) in [7, 11) is 0. The van der Waals surface area contributed by atoms with Crippen LogP contribution < -0.4 is 15.1 Å². The molecule has 156 valence electrons. The van der Waals surface area contributed by atoms with Gasteiger partial charge in [-0.3, -0.25) is 14.5 Å². The number of hydrogen-bond acceptors (Lipinski definition) is 6. The first kappa shape index (κ1) is 20.4. The molecular weight excluding hydrogens is 395 g/mol. The zero-order valence-corrected chi connectivity index (χ0v) is 15.3. The molecule has 0 saturated carbocycles. The highest BCUT2D eigenvalue weighted by molar-refractivity contribution is 5.91. The van der Waals surface area contributed by atoms with Gasteiger partial charge in [0.2, 0.25) is 5.91 Å². The summed E-state index contributed by atoms with van der Waals surface area (Å²) in [4.78, 5) is 36.8. The van der Waals surface area contributed by atoms with E-state index in [4.69, 9.17) is 4.74 Å². The topological polar surface area (TPSA) is 94.5 Å². The minimum atomic E-state index is -3.16. The van der Waals surface area contributed by atoms with Gasteiger partial charge in [-0.05, 0) is 18.2 Å². The molecule has 1 N–H and O–H groups in total. The van der Waals surface area contributed by atoms with Crippen LogP contribution in [0.15, 0.2) is 23.3 Å². The average molecular weight is 413 g/mol. The summed E-state index contributed by atoms with van der Waals surface area (Å²) in [6.07, 6.45) is -3.28. The normalized spacial score (nSPS) is 19.0. The Hall–Kier alpha value is -3.31. The first-order chi connectivity index (χ1) is 13.8. The van der Waals surface area contributed by atoms with Gasteiger partial charge in [0.1, 0.15) is 18.3 Å². The van der Waals surface area contributed by atoms with Crippen molar-refractivity contribution in [1.29, 1.82) is 0 Å². The van der Waals surface area contributed by atoms with E-state index in [-0.39, 0.29) is 43.5 Å². The van der Waals surface area contributed by atoms with E-state index in [1.54, 1.807) is 0 Å². The maximum absolute atomic E-state index is 14.6. The van der Waals surface area contributed by atoms with E-state index < -0.39 is 30.3 Å². The lowest BCUT2D eigenvalue weighted by Gasteiger charge is -2.29. The van der Waals surface area contributed by atoms with Gasteiger partial charge in [-0.25, -0.2) is 14.2 Å². The van der Waals surface area contributed by atoms with E-state index in [1.165, 1.54) is 28.9 Å². The molecule has 1 aromatic carbocycles. The second-order valence-corrected chi connectivity index (χ2v) is 6.38. The van der Waals surface area contributed by atoms with Crippen LogP contribution in [0.2, 0.25) is 0 Å². The van der Waals surface area contributed by atoms with Crippen LogP contribution in [0.4, 0.5) is 29.3 Å². The lowest BCUT2D eigenvalue weighted by molar-refractivity contribution is -0.142. The van der Waals surface area contributed by atoms with Crippen molar-refractivity contribution in [2.75, 3.05) is 36.0 Å². The molecule has 2 aliphatic heterocycles. The molecule has 0 bridgehead atoms.